The zero-order valence-electron chi connectivity index (χ0n) is 5.40. The van der Waals surface area contributed by atoms with E-state index in [2.05, 4.69) is 9.72 Å². The Bertz CT molecular complexity index is 209. The Hall–Kier alpha value is -1.06. The molecule has 0 atom stereocenters. The van der Waals surface area contributed by atoms with Crippen LogP contribution in [0.2, 0.25) is 0 Å². The number of nitrogens with one attached hydrogen (secondary N) is 1. The summed E-state index contributed by atoms with van der Waals surface area (Å²) < 4.78 is 27.1. The second kappa shape index (κ2) is 2.68. The van der Waals surface area contributed by atoms with Crippen molar-refractivity contribution >= 4 is 0 Å². The summed E-state index contributed by atoms with van der Waals surface area (Å²) in [7, 11) is 0. The van der Waals surface area contributed by atoms with Crippen molar-refractivity contribution < 1.29 is 13.5 Å². The van der Waals surface area contributed by atoms with Crippen LogP contribution in [0.15, 0.2) is 12.3 Å². The molecule has 0 aliphatic carbocycles. The number of aromatic amines is 1. The van der Waals surface area contributed by atoms with Crippen LogP contribution in [-0.2, 0) is 0 Å². The third-order valence-electron chi connectivity index (χ3n) is 1.03. The predicted molar refractivity (Wildman–Crippen MR) is 32.2 cm³/mol. The van der Waals surface area contributed by atoms with Crippen LogP contribution >= 0.6 is 0 Å². The highest BCUT2D eigenvalue weighted by molar-refractivity contribution is 5.21. The Morgan fingerprint density at radius 2 is 2.30 bits per heavy atom. The van der Waals surface area contributed by atoms with E-state index in [0.717, 1.165) is 5.69 Å². The van der Waals surface area contributed by atoms with Crippen molar-refractivity contribution in [2.24, 2.45) is 0 Å². The van der Waals surface area contributed by atoms with Gasteiger partial charge in [0.25, 0.3) is 0 Å². The number of hydrogen-bond donors (Lipinski definition) is 1. The van der Waals surface area contributed by atoms with Crippen LogP contribution in [0.1, 0.15) is 5.69 Å². The molecule has 0 saturated heterocycles. The van der Waals surface area contributed by atoms with E-state index in [1.165, 1.54) is 12.3 Å². The first-order valence-electron chi connectivity index (χ1n) is 2.78. The van der Waals surface area contributed by atoms with Crippen LogP contribution in [0.3, 0.4) is 0 Å². The summed E-state index contributed by atoms with van der Waals surface area (Å²) >= 11 is 0. The lowest BCUT2D eigenvalue weighted by Crippen LogP contribution is -2.00. The summed E-state index contributed by atoms with van der Waals surface area (Å²) in [5.74, 6) is 0.174. The second-order valence-electron chi connectivity index (χ2n) is 1.90. The smallest absolute Gasteiger partial charge is 0.387 e. The lowest BCUT2D eigenvalue weighted by atomic mass is 10.5. The number of alkyl halides is 2. The van der Waals surface area contributed by atoms with Crippen LogP contribution in [0.25, 0.3) is 0 Å². The van der Waals surface area contributed by atoms with Gasteiger partial charge in [0, 0.05) is 18.0 Å². The fraction of sp³-hybridized carbons (Fsp3) is 0.333. The molecule has 0 unspecified atom stereocenters. The van der Waals surface area contributed by atoms with Crippen molar-refractivity contribution in [2.45, 2.75) is 13.5 Å². The lowest BCUT2D eigenvalue weighted by molar-refractivity contribution is -0.0497. The van der Waals surface area contributed by atoms with E-state index in [0.29, 0.717) is 0 Å². The number of hydrogen-bond acceptors (Lipinski definition) is 1. The van der Waals surface area contributed by atoms with Crippen molar-refractivity contribution in [2.75, 3.05) is 0 Å². The van der Waals surface area contributed by atoms with Gasteiger partial charge in [-0.15, -0.1) is 0 Å². The van der Waals surface area contributed by atoms with Gasteiger partial charge >= 0.3 is 6.61 Å². The maximum absolute atomic E-state index is 11.5. The minimum Gasteiger partial charge on any atom is -0.433 e. The first-order chi connectivity index (χ1) is 4.68. The molecule has 1 aromatic rings. The van der Waals surface area contributed by atoms with Crippen LogP contribution in [0, 0.1) is 6.92 Å². The van der Waals surface area contributed by atoms with Crippen molar-refractivity contribution in [3.63, 3.8) is 0 Å². The molecule has 1 N–H and O–H groups in total. The summed E-state index contributed by atoms with van der Waals surface area (Å²) in [6.45, 7) is -0.978. The number of aryl methyl sites for hydroxylation is 1. The molecule has 0 bridgehead atoms. The van der Waals surface area contributed by atoms with Gasteiger partial charge in [-0.2, -0.15) is 8.78 Å². The highest BCUT2D eigenvalue weighted by Crippen LogP contribution is 2.13. The van der Waals surface area contributed by atoms with E-state index in [4.69, 9.17) is 0 Å². The van der Waals surface area contributed by atoms with E-state index in [9.17, 15) is 8.78 Å². The van der Waals surface area contributed by atoms with Gasteiger partial charge in [0.15, 0.2) is 0 Å². The van der Waals surface area contributed by atoms with Crippen molar-refractivity contribution in [3.8, 4) is 5.75 Å². The van der Waals surface area contributed by atoms with Gasteiger partial charge in [0.2, 0.25) is 0 Å². The number of rotatable bonds is 2. The van der Waals surface area contributed by atoms with Crippen LogP contribution in [0.5, 0.6) is 5.75 Å². The first kappa shape index (κ1) is 7.05. The average Bonchev–Trinajstić information content (AvgIpc) is 2.13. The van der Waals surface area contributed by atoms with Crippen molar-refractivity contribution in [1.29, 1.82) is 0 Å². The number of aromatic nitrogens is 1. The highest BCUT2D eigenvalue weighted by Gasteiger charge is 2.03. The quantitative estimate of drug-likeness (QED) is 0.679. The zero-order valence-corrected chi connectivity index (χ0v) is 5.40. The fourth-order valence-electron chi connectivity index (χ4n) is 0.653. The van der Waals surface area contributed by atoms with Crippen LogP contribution < -0.4 is 4.74 Å². The molecule has 56 valence electrons. The molecule has 0 aliphatic rings. The van der Waals surface area contributed by atoms with E-state index >= 15 is 0 Å². The average molecular weight is 147 g/mol. The van der Waals surface area contributed by atoms with Crippen molar-refractivity contribution in [3.05, 3.63) is 18.0 Å². The molecular weight excluding hydrogens is 140 g/mol. The number of ether oxygens (including phenoxy) is 1. The molecule has 1 aromatic heterocycles. The molecule has 10 heavy (non-hydrogen) atoms. The van der Waals surface area contributed by atoms with E-state index in [-0.39, 0.29) is 5.75 Å². The van der Waals surface area contributed by atoms with E-state index < -0.39 is 6.61 Å². The summed E-state index contributed by atoms with van der Waals surface area (Å²) in [5, 5.41) is 0. The maximum atomic E-state index is 11.5. The third-order valence-corrected chi connectivity index (χ3v) is 1.03. The summed E-state index contributed by atoms with van der Waals surface area (Å²) in [6, 6.07) is 1.51. The Kier molecular flexibility index (Phi) is 1.89. The molecule has 0 aromatic carbocycles. The SMILES string of the molecule is Cc1cc(OC(F)F)c[nH]1. The molecule has 0 radical (unpaired) electrons. The summed E-state index contributed by atoms with van der Waals surface area (Å²) in [5.41, 5.74) is 0.802. The maximum Gasteiger partial charge on any atom is 0.387 e. The monoisotopic (exact) mass is 147 g/mol. The van der Waals surface area contributed by atoms with Gasteiger partial charge in [-0.05, 0) is 6.92 Å². The first-order valence-corrected chi connectivity index (χ1v) is 2.78. The van der Waals surface area contributed by atoms with Crippen LogP contribution in [-0.4, -0.2) is 11.6 Å². The van der Waals surface area contributed by atoms with Gasteiger partial charge in [-0.1, -0.05) is 0 Å². The lowest BCUT2D eigenvalue weighted by Gasteiger charge is -1.97. The molecule has 1 rings (SSSR count). The summed E-state index contributed by atoms with van der Waals surface area (Å²) in [6.07, 6.45) is 1.39. The molecular formula is C6H7F2NO. The Labute approximate surface area is 56.8 Å². The number of H-pyrrole nitrogens is 1. The second-order valence-corrected chi connectivity index (χ2v) is 1.90. The Balaban J connectivity index is 2.58. The Morgan fingerprint density at radius 3 is 2.70 bits per heavy atom. The third kappa shape index (κ3) is 1.72. The van der Waals surface area contributed by atoms with Crippen LogP contribution in [0.4, 0.5) is 8.78 Å². The van der Waals surface area contributed by atoms with Gasteiger partial charge in [0.05, 0.1) is 0 Å². The van der Waals surface area contributed by atoms with E-state index in [1.54, 1.807) is 6.92 Å². The molecule has 0 fully saturated rings. The van der Waals surface area contributed by atoms with Gasteiger partial charge in [0.1, 0.15) is 5.75 Å². The molecule has 0 aliphatic heterocycles. The Morgan fingerprint density at radius 1 is 1.60 bits per heavy atom. The highest BCUT2D eigenvalue weighted by atomic mass is 19.3. The number of halogens is 2. The fourth-order valence-corrected chi connectivity index (χ4v) is 0.653. The van der Waals surface area contributed by atoms with Gasteiger partial charge in [-0.3, -0.25) is 0 Å². The molecule has 1 heterocycles. The summed E-state index contributed by atoms with van der Waals surface area (Å²) in [4.78, 5) is 2.72. The van der Waals surface area contributed by atoms with Gasteiger partial charge < -0.3 is 9.72 Å². The van der Waals surface area contributed by atoms with Gasteiger partial charge in [-0.25, -0.2) is 0 Å². The normalized spacial score (nSPS) is 10.4. The zero-order chi connectivity index (χ0) is 7.56. The minimum absolute atomic E-state index is 0.174. The topological polar surface area (TPSA) is 25.0 Å². The minimum atomic E-state index is -2.74. The van der Waals surface area contributed by atoms with E-state index in [1.807, 2.05) is 0 Å². The molecule has 0 spiro atoms. The molecule has 0 saturated carbocycles. The predicted octanol–water partition coefficient (Wildman–Crippen LogP) is 1.92. The molecule has 0 amide bonds. The van der Waals surface area contributed by atoms with Crippen molar-refractivity contribution in [1.82, 2.24) is 4.98 Å². The molecule has 4 heteroatoms. The standard InChI is InChI=1S/C6H7F2NO/c1-4-2-5(3-9-4)10-6(7)8/h2-3,6,9H,1H3. The largest absolute Gasteiger partial charge is 0.433 e. The molecule has 2 nitrogen and oxygen atoms in total.